The molecule has 0 fully saturated rings. The van der Waals surface area contributed by atoms with E-state index in [-0.39, 0.29) is 24.9 Å². The van der Waals surface area contributed by atoms with Gasteiger partial charge in [0.05, 0.1) is 34.5 Å². The summed E-state index contributed by atoms with van der Waals surface area (Å²) in [5.74, 6) is 0.00217. The lowest BCUT2D eigenvalue weighted by atomic mass is 10.1. The SMILES string of the molecule is CNC(=O)[C@H]1CN(CC(=O)Nc2c(Cl)cccc2Cl)c2ccccc2O1. The number of likely N-dealkylation sites (N-methyl/N-ethyl adjacent to an activating group) is 1. The number of carbonyl (C=O) groups excluding carboxylic acids is 2. The van der Waals surface area contributed by atoms with Crippen LogP contribution in [0.1, 0.15) is 0 Å². The number of anilines is 2. The van der Waals surface area contributed by atoms with Gasteiger partial charge in [-0.15, -0.1) is 0 Å². The third-order valence-corrected chi connectivity index (χ3v) is 4.59. The number of para-hydroxylation sites is 3. The number of fused-ring (bicyclic) bond motifs is 1. The molecule has 136 valence electrons. The standard InChI is InChI=1S/C18H17Cl2N3O3/c1-21-18(25)15-9-23(13-7-2-3-8-14(13)26-15)10-16(24)22-17-11(19)5-4-6-12(17)20/h2-8,15H,9-10H2,1H3,(H,21,25)(H,22,24)/t15-/m1/s1. The second kappa shape index (κ2) is 7.85. The summed E-state index contributed by atoms with van der Waals surface area (Å²) in [6, 6.07) is 12.3. The van der Waals surface area contributed by atoms with Gasteiger partial charge in [-0.2, -0.15) is 0 Å². The van der Waals surface area contributed by atoms with Crippen LogP contribution < -0.4 is 20.3 Å². The zero-order chi connectivity index (χ0) is 18.7. The molecular formula is C18H17Cl2N3O3. The number of rotatable bonds is 4. The van der Waals surface area contributed by atoms with Crippen molar-refractivity contribution in [3.8, 4) is 5.75 Å². The first-order valence-electron chi connectivity index (χ1n) is 7.95. The number of carbonyl (C=O) groups is 2. The molecule has 8 heteroatoms. The highest BCUT2D eigenvalue weighted by atomic mass is 35.5. The second-order valence-electron chi connectivity index (χ2n) is 5.71. The predicted molar refractivity (Wildman–Crippen MR) is 102 cm³/mol. The summed E-state index contributed by atoms with van der Waals surface area (Å²) in [6.45, 7) is 0.274. The van der Waals surface area contributed by atoms with Gasteiger partial charge in [0, 0.05) is 7.05 Å². The van der Waals surface area contributed by atoms with Gasteiger partial charge in [0.1, 0.15) is 5.75 Å². The molecule has 2 aromatic carbocycles. The summed E-state index contributed by atoms with van der Waals surface area (Å²) in [7, 11) is 1.54. The van der Waals surface area contributed by atoms with Gasteiger partial charge in [-0.05, 0) is 24.3 Å². The summed E-state index contributed by atoms with van der Waals surface area (Å²) in [5, 5.41) is 6.01. The van der Waals surface area contributed by atoms with E-state index in [4.69, 9.17) is 27.9 Å². The molecule has 0 bridgehead atoms. The van der Waals surface area contributed by atoms with Crippen molar-refractivity contribution in [3.63, 3.8) is 0 Å². The first kappa shape index (κ1) is 18.4. The van der Waals surface area contributed by atoms with Crippen LogP contribution in [0.3, 0.4) is 0 Å². The van der Waals surface area contributed by atoms with Crippen LogP contribution in [0.25, 0.3) is 0 Å². The number of ether oxygens (including phenoxy) is 1. The quantitative estimate of drug-likeness (QED) is 0.837. The molecular weight excluding hydrogens is 377 g/mol. The van der Waals surface area contributed by atoms with Gasteiger partial charge in [-0.25, -0.2) is 0 Å². The zero-order valence-electron chi connectivity index (χ0n) is 14.0. The normalized spacial score (nSPS) is 15.7. The number of hydrogen-bond donors (Lipinski definition) is 2. The maximum Gasteiger partial charge on any atom is 0.262 e. The van der Waals surface area contributed by atoms with Crippen LogP contribution >= 0.6 is 23.2 Å². The van der Waals surface area contributed by atoms with E-state index in [1.165, 1.54) is 0 Å². The van der Waals surface area contributed by atoms with Crippen LogP contribution in [0, 0.1) is 0 Å². The Kier molecular flexibility index (Phi) is 5.54. The molecule has 1 heterocycles. The fourth-order valence-electron chi connectivity index (χ4n) is 2.72. The topological polar surface area (TPSA) is 70.7 Å². The summed E-state index contributed by atoms with van der Waals surface area (Å²) in [4.78, 5) is 26.3. The van der Waals surface area contributed by atoms with Gasteiger partial charge in [-0.1, -0.05) is 41.4 Å². The lowest BCUT2D eigenvalue weighted by Crippen LogP contribution is -2.50. The number of nitrogens with zero attached hydrogens (tertiary/aromatic N) is 1. The van der Waals surface area contributed by atoms with Crippen molar-refractivity contribution in [1.29, 1.82) is 0 Å². The molecule has 1 atom stereocenters. The molecule has 0 spiro atoms. The Morgan fingerprint density at radius 3 is 2.54 bits per heavy atom. The van der Waals surface area contributed by atoms with Gasteiger partial charge >= 0.3 is 0 Å². The molecule has 0 saturated carbocycles. The van der Waals surface area contributed by atoms with Crippen molar-refractivity contribution in [2.45, 2.75) is 6.10 Å². The van der Waals surface area contributed by atoms with Crippen molar-refractivity contribution in [3.05, 3.63) is 52.5 Å². The van der Waals surface area contributed by atoms with E-state index in [1.54, 1.807) is 36.2 Å². The monoisotopic (exact) mass is 393 g/mol. The van der Waals surface area contributed by atoms with E-state index in [1.807, 2.05) is 18.2 Å². The minimum absolute atomic E-state index is 0.0232. The number of amides is 2. The lowest BCUT2D eigenvalue weighted by molar-refractivity contribution is -0.127. The highest BCUT2D eigenvalue weighted by Crippen LogP contribution is 2.33. The van der Waals surface area contributed by atoms with Gasteiger partial charge in [-0.3, -0.25) is 9.59 Å². The number of hydrogen-bond acceptors (Lipinski definition) is 4. The van der Waals surface area contributed by atoms with Crippen LogP contribution in [0.2, 0.25) is 10.0 Å². The number of halogens is 2. The Morgan fingerprint density at radius 2 is 1.85 bits per heavy atom. The van der Waals surface area contributed by atoms with Gasteiger partial charge < -0.3 is 20.3 Å². The molecule has 0 aliphatic carbocycles. The van der Waals surface area contributed by atoms with Crippen LogP contribution in [0.5, 0.6) is 5.75 Å². The Bertz CT molecular complexity index is 824. The fraction of sp³-hybridized carbons (Fsp3) is 0.222. The van der Waals surface area contributed by atoms with E-state index in [0.29, 0.717) is 21.5 Å². The third-order valence-electron chi connectivity index (χ3n) is 3.96. The van der Waals surface area contributed by atoms with Gasteiger partial charge in [0.2, 0.25) is 5.91 Å². The average molecular weight is 394 g/mol. The Hall–Kier alpha value is -2.44. The van der Waals surface area contributed by atoms with Gasteiger partial charge in [0.15, 0.2) is 6.10 Å². The van der Waals surface area contributed by atoms with Crippen molar-refractivity contribution in [1.82, 2.24) is 5.32 Å². The smallest absolute Gasteiger partial charge is 0.262 e. The molecule has 3 rings (SSSR count). The molecule has 0 aromatic heterocycles. The molecule has 26 heavy (non-hydrogen) atoms. The molecule has 0 unspecified atom stereocenters. The predicted octanol–water partition coefficient (Wildman–Crippen LogP) is 2.95. The summed E-state index contributed by atoms with van der Waals surface area (Å²) in [6.07, 6.45) is -0.702. The van der Waals surface area contributed by atoms with Crippen LogP contribution in [-0.4, -0.2) is 38.1 Å². The highest BCUT2D eigenvalue weighted by Gasteiger charge is 2.31. The first-order valence-corrected chi connectivity index (χ1v) is 8.71. The maximum atomic E-state index is 12.5. The second-order valence-corrected chi connectivity index (χ2v) is 6.53. The molecule has 1 aliphatic heterocycles. The zero-order valence-corrected chi connectivity index (χ0v) is 15.5. The molecule has 6 nitrogen and oxygen atoms in total. The van der Waals surface area contributed by atoms with Crippen LogP contribution in [-0.2, 0) is 9.59 Å². The van der Waals surface area contributed by atoms with E-state index >= 15 is 0 Å². The first-order chi connectivity index (χ1) is 12.5. The van der Waals surface area contributed by atoms with Crippen LogP contribution in [0.15, 0.2) is 42.5 Å². The molecule has 0 saturated heterocycles. The Labute approximate surface area is 161 Å². The third kappa shape index (κ3) is 3.86. The Balaban J connectivity index is 1.79. The summed E-state index contributed by atoms with van der Waals surface area (Å²) in [5.41, 5.74) is 1.11. The number of benzene rings is 2. The van der Waals surface area contributed by atoms with E-state index < -0.39 is 6.10 Å². The summed E-state index contributed by atoms with van der Waals surface area (Å²) >= 11 is 12.2. The highest BCUT2D eigenvalue weighted by molar-refractivity contribution is 6.39. The molecule has 2 N–H and O–H groups in total. The van der Waals surface area contributed by atoms with Gasteiger partial charge in [0.25, 0.3) is 5.91 Å². The molecule has 2 aromatic rings. The van der Waals surface area contributed by atoms with Crippen molar-refractivity contribution in [2.75, 3.05) is 30.4 Å². The fourth-order valence-corrected chi connectivity index (χ4v) is 3.22. The molecule has 0 radical (unpaired) electrons. The summed E-state index contributed by atoms with van der Waals surface area (Å²) < 4.78 is 5.73. The van der Waals surface area contributed by atoms with E-state index in [0.717, 1.165) is 5.69 Å². The van der Waals surface area contributed by atoms with Crippen molar-refractivity contribution < 1.29 is 14.3 Å². The van der Waals surface area contributed by atoms with E-state index in [9.17, 15) is 9.59 Å². The number of nitrogens with one attached hydrogen (secondary N) is 2. The Morgan fingerprint density at radius 1 is 1.15 bits per heavy atom. The van der Waals surface area contributed by atoms with Crippen LogP contribution in [0.4, 0.5) is 11.4 Å². The van der Waals surface area contributed by atoms with Crippen molar-refractivity contribution in [2.24, 2.45) is 0 Å². The largest absolute Gasteiger partial charge is 0.477 e. The average Bonchev–Trinajstić information content (AvgIpc) is 2.64. The minimum Gasteiger partial charge on any atom is -0.477 e. The molecule has 1 aliphatic rings. The van der Waals surface area contributed by atoms with E-state index in [2.05, 4.69) is 10.6 Å². The van der Waals surface area contributed by atoms with Crippen molar-refractivity contribution >= 4 is 46.4 Å². The molecule has 2 amide bonds. The minimum atomic E-state index is -0.702. The lowest BCUT2D eigenvalue weighted by Gasteiger charge is -2.35. The maximum absolute atomic E-state index is 12.5.